The second-order valence-electron chi connectivity index (χ2n) is 7.50. The molecule has 1 aromatic carbocycles. The molecule has 150 valence electrons. The highest BCUT2D eigenvalue weighted by Crippen LogP contribution is 2.26. The van der Waals surface area contributed by atoms with Gasteiger partial charge < -0.3 is 15.1 Å². The first kappa shape index (κ1) is 17.8. The van der Waals surface area contributed by atoms with E-state index in [1.165, 1.54) is 6.07 Å². The summed E-state index contributed by atoms with van der Waals surface area (Å²) in [7, 11) is 0. The summed E-state index contributed by atoms with van der Waals surface area (Å²) in [5.41, 5.74) is 1.27. The molecule has 4 heterocycles. The number of hydrogen-bond donors (Lipinski definition) is 1. The average molecular weight is 395 g/mol. The molecule has 2 aliphatic heterocycles. The Labute approximate surface area is 167 Å². The number of rotatable bonds is 3. The zero-order valence-corrected chi connectivity index (χ0v) is 16.0. The quantitative estimate of drug-likeness (QED) is 0.737. The van der Waals surface area contributed by atoms with Crippen molar-refractivity contribution in [1.29, 1.82) is 0 Å². The molecule has 0 saturated carbocycles. The normalized spacial score (nSPS) is 16.7. The van der Waals surface area contributed by atoms with E-state index in [-0.39, 0.29) is 6.03 Å². The molecule has 9 heteroatoms. The monoisotopic (exact) mass is 395 g/mol. The van der Waals surface area contributed by atoms with Gasteiger partial charge in [0.25, 0.3) is 5.78 Å². The van der Waals surface area contributed by atoms with Crippen molar-refractivity contribution in [3.8, 4) is 11.3 Å². The minimum Gasteiger partial charge on any atom is -0.354 e. The minimum atomic E-state index is -0.410. The van der Waals surface area contributed by atoms with Gasteiger partial charge in [0.05, 0.1) is 18.1 Å². The molecule has 3 aromatic rings. The molecule has 2 amide bonds. The number of anilines is 2. The zero-order chi connectivity index (χ0) is 19.8. The van der Waals surface area contributed by atoms with E-state index in [1.54, 1.807) is 33.9 Å². The molecule has 29 heavy (non-hydrogen) atoms. The topological polar surface area (TPSA) is 78.7 Å². The Morgan fingerprint density at radius 1 is 1.07 bits per heavy atom. The van der Waals surface area contributed by atoms with E-state index in [0.717, 1.165) is 57.7 Å². The van der Waals surface area contributed by atoms with E-state index in [0.29, 0.717) is 22.7 Å². The van der Waals surface area contributed by atoms with Gasteiger partial charge in [0.15, 0.2) is 5.82 Å². The van der Waals surface area contributed by atoms with Crippen LogP contribution in [0.5, 0.6) is 0 Å². The number of carbonyl (C=O) groups excluding carboxylic acids is 1. The van der Waals surface area contributed by atoms with Gasteiger partial charge in [0.1, 0.15) is 5.82 Å². The average Bonchev–Trinajstić information content (AvgIpc) is 3.49. The van der Waals surface area contributed by atoms with Crippen LogP contribution in [0.1, 0.15) is 25.7 Å². The van der Waals surface area contributed by atoms with Crippen molar-refractivity contribution < 1.29 is 9.18 Å². The Balaban J connectivity index is 1.43. The smallest absolute Gasteiger partial charge is 0.321 e. The number of carbonyl (C=O) groups is 1. The molecular formula is C20H22FN7O. The van der Waals surface area contributed by atoms with Crippen LogP contribution >= 0.6 is 0 Å². The maximum absolute atomic E-state index is 14.5. The van der Waals surface area contributed by atoms with Crippen LogP contribution in [-0.4, -0.2) is 56.7 Å². The first-order valence-corrected chi connectivity index (χ1v) is 10.0. The van der Waals surface area contributed by atoms with Crippen LogP contribution in [0.15, 0.2) is 30.6 Å². The van der Waals surface area contributed by atoms with Crippen molar-refractivity contribution in [2.24, 2.45) is 0 Å². The number of aromatic nitrogens is 4. The second-order valence-corrected chi connectivity index (χ2v) is 7.50. The number of nitrogens with one attached hydrogen (secondary N) is 1. The van der Waals surface area contributed by atoms with Crippen molar-refractivity contribution in [2.75, 3.05) is 36.4 Å². The summed E-state index contributed by atoms with van der Waals surface area (Å²) in [5, 5.41) is 7.42. The summed E-state index contributed by atoms with van der Waals surface area (Å²) < 4.78 is 16.1. The summed E-state index contributed by atoms with van der Waals surface area (Å²) in [4.78, 5) is 25.1. The third-order valence-electron chi connectivity index (χ3n) is 5.49. The van der Waals surface area contributed by atoms with Gasteiger partial charge in [0.2, 0.25) is 0 Å². The number of likely N-dealkylation sites (tertiary alicyclic amines) is 1. The fourth-order valence-electron chi connectivity index (χ4n) is 3.92. The maximum Gasteiger partial charge on any atom is 0.321 e. The Hall–Kier alpha value is -3.23. The number of halogens is 1. The number of fused-ring (bicyclic) bond motifs is 1. The van der Waals surface area contributed by atoms with E-state index in [2.05, 4.69) is 25.3 Å². The Morgan fingerprint density at radius 3 is 2.62 bits per heavy atom. The van der Waals surface area contributed by atoms with E-state index in [4.69, 9.17) is 0 Å². The predicted octanol–water partition coefficient (Wildman–Crippen LogP) is 3.16. The van der Waals surface area contributed by atoms with Gasteiger partial charge >= 0.3 is 6.03 Å². The van der Waals surface area contributed by atoms with E-state index >= 15 is 0 Å². The summed E-state index contributed by atoms with van der Waals surface area (Å²) in [5.74, 6) is 0.798. The predicted molar refractivity (Wildman–Crippen MR) is 107 cm³/mol. The van der Waals surface area contributed by atoms with Gasteiger partial charge in [0, 0.05) is 37.4 Å². The second kappa shape index (κ2) is 7.31. The van der Waals surface area contributed by atoms with Gasteiger partial charge in [-0.2, -0.15) is 0 Å². The summed E-state index contributed by atoms with van der Waals surface area (Å²) in [6.45, 7) is 3.44. The number of benzene rings is 1. The number of hydrogen-bond acceptors (Lipinski definition) is 5. The molecule has 0 atom stereocenters. The van der Waals surface area contributed by atoms with Gasteiger partial charge in [-0.15, -0.1) is 5.10 Å². The van der Waals surface area contributed by atoms with Crippen molar-refractivity contribution in [3.05, 3.63) is 36.4 Å². The molecule has 2 saturated heterocycles. The molecule has 2 aliphatic rings. The van der Waals surface area contributed by atoms with Crippen LogP contribution in [0.4, 0.5) is 20.7 Å². The van der Waals surface area contributed by atoms with Crippen molar-refractivity contribution in [1.82, 2.24) is 24.5 Å². The highest BCUT2D eigenvalue weighted by atomic mass is 19.1. The fraction of sp³-hybridized carbons (Fsp3) is 0.400. The lowest BCUT2D eigenvalue weighted by molar-refractivity contribution is 0.222. The molecule has 1 N–H and O–H groups in total. The molecule has 0 bridgehead atoms. The van der Waals surface area contributed by atoms with Crippen LogP contribution in [0.3, 0.4) is 0 Å². The van der Waals surface area contributed by atoms with Crippen molar-refractivity contribution >= 4 is 23.3 Å². The molecule has 0 spiro atoms. The molecule has 2 aromatic heterocycles. The van der Waals surface area contributed by atoms with Crippen LogP contribution < -0.4 is 10.2 Å². The lowest BCUT2D eigenvalue weighted by Gasteiger charge is -2.16. The van der Waals surface area contributed by atoms with Gasteiger partial charge in [-0.25, -0.2) is 23.7 Å². The third kappa shape index (κ3) is 3.48. The summed E-state index contributed by atoms with van der Waals surface area (Å²) in [6.07, 6.45) is 7.71. The zero-order valence-electron chi connectivity index (χ0n) is 16.0. The van der Waals surface area contributed by atoms with E-state index < -0.39 is 5.82 Å². The molecule has 0 radical (unpaired) electrons. The van der Waals surface area contributed by atoms with Crippen LogP contribution in [0, 0.1) is 5.82 Å². The van der Waals surface area contributed by atoms with E-state index in [1.807, 2.05) is 0 Å². The van der Waals surface area contributed by atoms with Gasteiger partial charge in [-0.3, -0.25) is 0 Å². The maximum atomic E-state index is 14.5. The molecule has 0 aliphatic carbocycles. The first-order chi connectivity index (χ1) is 14.2. The third-order valence-corrected chi connectivity index (χ3v) is 5.49. The Kier molecular flexibility index (Phi) is 4.49. The highest BCUT2D eigenvalue weighted by molar-refractivity contribution is 5.90. The van der Waals surface area contributed by atoms with Crippen LogP contribution in [0.25, 0.3) is 17.0 Å². The fourth-order valence-corrected chi connectivity index (χ4v) is 3.92. The largest absolute Gasteiger partial charge is 0.354 e. The number of amides is 2. The number of nitrogens with zero attached hydrogens (tertiary/aromatic N) is 6. The lowest BCUT2D eigenvalue weighted by atomic mass is 10.1. The number of urea groups is 1. The molecular weight excluding hydrogens is 373 g/mol. The minimum absolute atomic E-state index is 0.159. The highest BCUT2D eigenvalue weighted by Gasteiger charge is 2.19. The van der Waals surface area contributed by atoms with Crippen molar-refractivity contribution in [2.45, 2.75) is 25.7 Å². The SMILES string of the molecule is O=C(Nc1ccc(F)c(-c2cn3nc(N4CCCC4)cnc3n2)c1)N1CCCC1. The van der Waals surface area contributed by atoms with Gasteiger partial charge in [-0.1, -0.05) is 0 Å². The molecule has 2 fully saturated rings. The van der Waals surface area contributed by atoms with Crippen molar-refractivity contribution in [3.63, 3.8) is 0 Å². The number of imidazole rings is 1. The van der Waals surface area contributed by atoms with Crippen LogP contribution in [-0.2, 0) is 0 Å². The standard InChI is InChI=1S/C20H22FN7O/c21-16-6-5-14(23-20(29)27-9-3-4-10-27)11-15(16)17-13-28-19(24-17)22-12-18(25-28)26-7-1-2-8-26/h5-6,11-13H,1-4,7-10H2,(H,23,29). The van der Waals surface area contributed by atoms with Crippen LogP contribution in [0.2, 0.25) is 0 Å². The van der Waals surface area contributed by atoms with E-state index in [9.17, 15) is 9.18 Å². The molecule has 8 nitrogen and oxygen atoms in total. The lowest BCUT2D eigenvalue weighted by Crippen LogP contribution is -2.32. The first-order valence-electron chi connectivity index (χ1n) is 10.0. The summed E-state index contributed by atoms with van der Waals surface area (Å²) >= 11 is 0. The molecule has 5 rings (SSSR count). The van der Waals surface area contributed by atoms with Gasteiger partial charge in [-0.05, 0) is 43.9 Å². The Morgan fingerprint density at radius 2 is 1.83 bits per heavy atom. The summed E-state index contributed by atoms with van der Waals surface area (Å²) in [6, 6.07) is 4.35. The molecule has 0 unspecified atom stereocenters. The Bertz CT molecular complexity index is 1050.